The van der Waals surface area contributed by atoms with E-state index < -0.39 is 0 Å². The van der Waals surface area contributed by atoms with Crippen LogP contribution in [0.2, 0.25) is 0 Å². The van der Waals surface area contributed by atoms with Crippen LogP contribution in [-0.2, 0) is 17.8 Å². The number of benzene rings is 2. The van der Waals surface area contributed by atoms with E-state index >= 15 is 0 Å². The van der Waals surface area contributed by atoms with E-state index in [1.165, 1.54) is 24.1 Å². The second-order valence-electron chi connectivity index (χ2n) is 7.11. The number of ether oxygens (including phenoxy) is 1. The molecule has 2 aromatic rings. The lowest BCUT2D eigenvalue weighted by molar-refractivity contribution is -0.130. The zero-order chi connectivity index (χ0) is 19.1. The molecule has 0 spiro atoms. The summed E-state index contributed by atoms with van der Waals surface area (Å²) in [4.78, 5) is 17.0. The maximum atomic E-state index is 12.7. The Bertz CT molecular complexity index is 754. The van der Waals surface area contributed by atoms with Crippen LogP contribution in [0.5, 0.6) is 5.75 Å². The summed E-state index contributed by atoms with van der Waals surface area (Å²) in [6.45, 7) is 5.50. The van der Waals surface area contributed by atoms with E-state index in [0.29, 0.717) is 26.0 Å². The first kappa shape index (κ1) is 19.3. The highest BCUT2D eigenvalue weighted by Crippen LogP contribution is 2.26. The van der Waals surface area contributed by atoms with E-state index in [4.69, 9.17) is 4.74 Å². The number of nitrogens with zero attached hydrogens (tertiary/aromatic N) is 2. The van der Waals surface area contributed by atoms with Gasteiger partial charge in [-0.25, -0.2) is 0 Å². The molecule has 0 atom stereocenters. The maximum Gasteiger partial charge on any atom is 0.222 e. The number of carbonyl (C=O) groups excluding carboxylic acids is 1. The Kier molecular flexibility index (Phi) is 6.74. The van der Waals surface area contributed by atoms with Gasteiger partial charge in [0.2, 0.25) is 5.91 Å². The van der Waals surface area contributed by atoms with Crippen molar-refractivity contribution in [3.63, 3.8) is 0 Å². The molecule has 0 unspecified atom stereocenters. The Morgan fingerprint density at radius 1 is 1.04 bits per heavy atom. The van der Waals surface area contributed by atoms with E-state index in [9.17, 15) is 4.79 Å². The van der Waals surface area contributed by atoms with Crippen LogP contribution in [-0.4, -0.2) is 37.6 Å². The zero-order valence-corrected chi connectivity index (χ0v) is 16.5. The van der Waals surface area contributed by atoms with E-state index in [1.807, 2.05) is 43.1 Å². The molecule has 1 aliphatic heterocycles. The van der Waals surface area contributed by atoms with Gasteiger partial charge in [0.1, 0.15) is 5.75 Å². The van der Waals surface area contributed by atoms with Gasteiger partial charge in [-0.2, -0.15) is 0 Å². The van der Waals surface area contributed by atoms with Crippen LogP contribution in [0.25, 0.3) is 0 Å². The molecule has 27 heavy (non-hydrogen) atoms. The van der Waals surface area contributed by atoms with Crippen molar-refractivity contribution < 1.29 is 9.53 Å². The molecule has 1 fully saturated rings. The van der Waals surface area contributed by atoms with Gasteiger partial charge in [0.15, 0.2) is 0 Å². The highest BCUT2D eigenvalue weighted by molar-refractivity contribution is 5.76. The summed E-state index contributed by atoms with van der Waals surface area (Å²) in [6.07, 6.45) is 3.70. The highest BCUT2D eigenvalue weighted by Gasteiger charge is 2.18. The van der Waals surface area contributed by atoms with Crippen LogP contribution in [0.4, 0.5) is 5.69 Å². The summed E-state index contributed by atoms with van der Waals surface area (Å²) < 4.78 is 5.67. The standard InChI is InChI=1S/C23H30N2O2/c1-3-27-22-13-7-5-10-19(22)14-15-23(26)24(2)18-20-11-4-6-12-21(20)25-16-8-9-17-25/h4-7,10-13H,3,8-9,14-18H2,1-2H3. The van der Waals surface area contributed by atoms with Crippen LogP contribution in [0, 0.1) is 0 Å². The molecule has 0 saturated carbocycles. The second kappa shape index (κ2) is 9.45. The molecule has 1 aliphatic rings. The molecular weight excluding hydrogens is 336 g/mol. The van der Waals surface area contributed by atoms with Crippen molar-refractivity contribution in [3.8, 4) is 5.75 Å². The fourth-order valence-electron chi connectivity index (χ4n) is 3.69. The van der Waals surface area contributed by atoms with Gasteiger partial charge in [0, 0.05) is 38.8 Å². The molecule has 1 saturated heterocycles. The fourth-order valence-corrected chi connectivity index (χ4v) is 3.69. The van der Waals surface area contributed by atoms with Gasteiger partial charge < -0.3 is 14.5 Å². The number of hydrogen-bond donors (Lipinski definition) is 0. The third-order valence-electron chi connectivity index (χ3n) is 5.15. The quantitative estimate of drug-likeness (QED) is 0.699. The maximum absolute atomic E-state index is 12.7. The lowest BCUT2D eigenvalue weighted by atomic mass is 10.1. The average molecular weight is 367 g/mol. The molecule has 3 rings (SSSR count). The third-order valence-corrected chi connectivity index (χ3v) is 5.15. The molecular formula is C23H30N2O2. The Labute approximate surface area is 162 Å². The molecule has 2 aromatic carbocycles. The number of anilines is 1. The second-order valence-corrected chi connectivity index (χ2v) is 7.11. The Morgan fingerprint density at radius 2 is 1.70 bits per heavy atom. The molecule has 0 radical (unpaired) electrons. The van der Waals surface area contributed by atoms with Gasteiger partial charge in [-0.05, 0) is 49.4 Å². The minimum absolute atomic E-state index is 0.164. The van der Waals surface area contributed by atoms with Gasteiger partial charge in [-0.1, -0.05) is 36.4 Å². The van der Waals surface area contributed by atoms with E-state index in [2.05, 4.69) is 29.2 Å². The molecule has 0 bridgehead atoms. The average Bonchev–Trinajstić information content (AvgIpc) is 3.22. The van der Waals surface area contributed by atoms with Crippen LogP contribution >= 0.6 is 0 Å². The molecule has 0 N–H and O–H groups in total. The summed E-state index contributed by atoms with van der Waals surface area (Å²) in [6, 6.07) is 16.4. The predicted octanol–water partition coefficient (Wildman–Crippen LogP) is 4.28. The van der Waals surface area contributed by atoms with Crippen LogP contribution in [0.15, 0.2) is 48.5 Å². The van der Waals surface area contributed by atoms with Crippen molar-refractivity contribution in [1.29, 1.82) is 0 Å². The fraction of sp³-hybridized carbons (Fsp3) is 0.435. The Morgan fingerprint density at radius 3 is 2.44 bits per heavy atom. The zero-order valence-electron chi connectivity index (χ0n) is 16.5. The number of carbonyl (C=O) groups is 1. The molecule has 4 heteroatoms. The van der Waals surface area contributed by atoms with Crippen LogP contribution < -0.4 is 9.64 Å². The molecule has 144 valence electrons. The van der Waals surface area contributed by atoms with Crippen molar-refractivity contribution in [2.45, 2.75) is 39.2 Å². The number of aryl methyl sites for hydroxylation is 1. The first-order valence-corrected chi connectivity index (χ1v) is 9.96. The lowest BCUT2D eigenvalue weighted by Crippen LogP contribution is -2.28. The molecule has 0 aromatic heterocycles. The predicted molar refractivity (Wildman–Crippen MR) is 110 cm³/mol. The largest absolute Gasteiger partial charge is 0.494 e. The molecule has 1 amide bonds. The topological polar surface area (TPSA) is 32.8 Å². The first-order chi connectivity index (χ1) is 13.2. The summed E-state index contributed by atoms with van der Waals surface area (Å²) in [5.74, 6) is 1.05. The lowest BCUT2D eigenvalue weighted by Gasteiger charge is -2.24. The molecule has 0 aliphatic carbocycles. The van der Waals surface area contributed by atoms with E-state index in [1.54, 1.807) is 0 Å². The van der Waals surface area contributed by atoms with Crippen molar-refractivity contribution in [2.24, 2.45) is 0 Å². The number of rotatable bonds is 8. The number of para-hydroxylation sites is 2. The van der Waals surface area contributed by atoms with Crippen molar-refractivity contribution in [1.82, 2.24) is 4.90 Å². The van der Waals surface area contributed by atoms with Crippen molar-refractivity contribution in [3.05, 3.63) is 59.7 Å². The van der Waals surface area contributed by atoms with Crippen LogP contribution in [0.3, 0.4) is 0 Å². The normalized spacial score (nSPS) is 13.6. The number of hydrogen-bond acceptors (Lipinski definition) is 3. The highest BCUT2D eigenvalue weighted by atomic mass is 16.5. The summed E-state index contributed by atoms with van der Waals surface area (Å²) in [7, 11) is 1.90. The first-order valence-electron chi connectivity index (χ1n) is 9.96. The van der Waals surface area contributed by atoms with Gasteiger partial charge >= 0.3 is 0 Å². The van der Waals surface area contributed by atoms with E-state index in [-0.39, 0.29) is 5.91 Å². The van der Waals surface area contributed by atoms with Crippen molar-refractivity contribution in [2.75, 3.05) is 31.6 Å². The molecule has 4 nitrogen and oxygen atoms in total. The van der Waals surface area contributed by atoms with E-state index in [0.717, 1.165) is 24.4 Å². The smallest absolute Gasteiger partial charge is 0.222 e. The van der Waals surface area contributed by atoms with Gasteiger partial charge in [-0.15, -0.1) is 0 Å². The van der Waals surface area contributed by atoms with Gasteiger partial charge in [0.05, 0.1) is 6.61 Å². The third kappa shape index (κ3) is 5.03. The van der Waals surface area contributed by atoms with Gasteiger partial charge in [0.25, 0.3) is 0 Å². The summed E-state index contributed by atoms with van der Waals surface area (Å²) >= 11 is 0. The SMILES string of the molecule is CCOc1ccccc1CCC(=O)N(C)Cc1ccccc1N1CCCC1. The minimum Gasteiger partial charge on any atom is -0.494 e. The van der Waals surface area contributed by atoms with Crippen molar-refractivity contribution >= 4 is 11.6 Å². The van der Waals surface area contributed by atoms with Gasteiger partial charge in [-0.3, -0.25) is 4.79 Å². The summed E-state index contributed by atoms with van der Waals surface area (Å²) in [5.41, 5.74) is 3.60. The molecule has 1 heterocycles. The van der Waals surface area contributed by atoms with Crippen LogP contribution in [0.1, 0.15) is 37.3 Å². The Balaban J connectivity index is 1.60. The Hall–Kier alpha value is -2.49. The number of amides is 1. The minimum atomic E-state index is 0.164. The summed E-state index contributed by atoms with van der Waals surface area (Å²) in [5, 5.41) is 0. The monoisotopic (exact) mass is 366 g/mol.